The zero-order chi connectivity index (χ0) is 21.8. The van der Waals surface area contributed by atoms with Crippen LogP contribution in [0.25, 0.3) is 0 Å². The monoisotopic (exact) mass is 424 g/mol. The first-order valence-electron chi connectivity index (χ1n) is 9.32. The normalized spacial score (nSPS) is 11.7. The van der Waals surface area contributed by atoms with Crippen LogP contribution < -0.4 is 10.9 Å². The molecule has 0 radical (unpaired) electrons. The van der Waals surface area contributed by atoms with E-state index in [1.165, 1.54) is 10.6 Å². The van der Waals surface area contributed by atoms with E-state index in [2.05, 4.69) is 5.32 Å². The van der Waals surface area contributed by atoms with Gasteiger partial charge in [-0.05, 0) is 42.7 Å². The topological polar surface area (TPSA) is 88.4 Å². The number of hydrogen-bond acceptors (Lipinski definition) is 3. The minimum atomic E-state index is -1.27. The van der Waals surface area contributed by atoms with Gasteiger partial charge < -0.3 is 15.0 Å². The lowest BCUT2D eigenvalue weighted by atomic mass is 10.1. The Balaban J connectivity index is 1.99. The predicted octanol–water partition coefficient (Wildman–Crippen LogP) is 3.72. The van der Waals surface area contributed by atoms with E-state index in [0.717, 1.165) is 11.1 Å². The average Bonchev–Trinajstić information content (AvgIpc) is 2.73. The number of carbonyl (C=O) groups excluding carboxylic acids is 1. The van der Waals surface area contributed by atoms with Crippen LogP contribution in [-0.4, -0.2) is 21.6 Å². The van der Waals surface area contributed by atoms with Gasteiger partial charge in [-0.3, -0.25) is 9.59 Å². The molecule has 7 heteroatoms. The first-order chi connectivity index (χ1) is 14.3. The smallest absolute Gasteiger partial charge is 0.330 e. The van der Waals surface area contributed by atoms with Crippen LogP contribution in [-0.2, 0) is 11.3 Å². The lowest BCUT2D eigenvalue weighted by molar-refractivity contribution is -0.139. The van der Waals surface area contributed by atoms with E-state index in [1.54, 1.807) is 56.3 Å². The fourth-order valence-electron chi connectivity index (χ4n) is 3.19. The molecular weight excluding hydrogens is 404 g/mol. The molecule has 6 nitrogen and oxygen atoms in total. The molecule has 0 fully saturated rings. The third-order valence-corrected chi connectivity index (χ3v) is 5.37. The molecule has 30 heavy (non-hydrogen) atoms. The molecule has 1 amide bonds. The zero-order valence-corrected chi connectivity index (χ0v) is 17.3. The number of rotatable bonds is 6. The summed E-state index contributed by atoms with van der Waals surface area (Å²) >= 11 is 6.23. The quantitative estimate of drug-likeness (QED) is 0.631. The second-order valence-corrected chi connectivity index (χ2v) is 7.37. The maximum atomic E-state index is 13.1. The molecule has 154 valence electrons. The second-order valence-electron chi connectivity index (χ2n) is 6.96. The van der Waals surface area contributed by atoms with Crippen molar-refractivity contribution in [1.82, 2.24) is 9.88 Å². The van der Waals surface area contributed by atoms with E-state index in [4.69, 9.17) is 11.6 Å². The Bertz CT molecular complexity index is 1160. The van der Waals surface area contributed by atoms with Crippen molar-refractivity contribution in [2.45, 2.75) is 26.4 Å². The number of carboxylic acids is 1. The summed E-state index contributed by atoms with van der Waals surface area (Å²) in [7, 11) is 0. The molecule has 1 aromatic heterocycles. The van der Waals surface area contributed by atoms with Gasteiger partial charge in [0, 0.05) is 10.7 Å². The van der Waals surface area contributed by atoms with Gasteiger partial charge >= 0.3 is 5.97 Å². The first kappa shape index (κ1) is 21.3. The number of nitrogens with one attached hydrogen (secondary N) is 1. The van der Waals surface area contributed by atoms with Crippen LogP contribution in [0, 0.1) is 13.8 Å². The average molecular weight is 425 g/mol. The lowest BCUT2D eigenvalue weighted by Gasteiger charge is -2.18. The number of carbonyl (C=O) groups is 2. The number of benzene rings is 2. The van der Waals surface area contributed by atoms with Crippen molar-refractivity contribution >= 4 is 23.5 Å². The van der Waals surface area contributed by atoms with Gasteiger partial charge in [0.05, 0.1) is 6.54 Å². The van der Waals surface area contributed by atoms with E-state index in [-0.39, 0.29) is 12.1 Å². The molecule has 3 aromatic rings. The Morgan fingerprint density at radius 3 is 2.33 bits per heavy atom. The molecule has 0 saturated heterocycles. The van der Waals surface area contributed by atoms with E-state index < -0.39 is 23.5 Å². The van der Waals surface area contributed by atoms with Crippen LogP contribution in [0.4, 0.5) is 0 Å². The highest BCUT2D eigenvalue weighted by Crippen LogP contribution is 2.18. The van der Waals surface area contributed by atoms with Crippen molar-refractivity contribution in [3.63, 3.8) is 0 Å². The number of halogens is 1. The number of aliphatic carboxylic acids is 1. The van der Waals surface area contributed by atoms with Gasteiger partial charge in [-0.1, -0.05) is 60.1 Å². The lowest BCUT2D eigenvalue weighted by Crippen LogP contribution is -2.38. The maximum absolute atomic E-state index is 13.1. The number of pyridine rings is 1. The highest BCUT2D eigenvalue weighted by molar-refractivity contribution is 6.31. The number of aryl methyl sites for hydroxylation is 1. The number of aromatic nitrogens is 1. The van der Waals surface area contributed by atoms with E-state index in [0.29, 0.717) is 16.3 Å². The standard InChI is InChI=1S/C23H21ClN2O4/c1-14-12-18(21(27)25-20(23(29)30)16-8-4-3-5-9-16)22(28)26(15(14)2)13-17-10-6-7-11-19(17)24/h3-12,20H,13H2,1-2H3,(H,25,27)(H,29,30)/t20-/m0/s1. The van der Waals surface area contributed by atoms with Gasteiger partial charge in [0.15, 0.2) is 6.04 Å². The predicted molar refractivity (Wildman–Crippen MR) is 115 cm³/mol. The molecule has 3 rings (SSSR count). The summed E-state index contributed by atoms with van der Waals surface area (Å²) in [5, 5.41) is 12.5. The third kappa shape index (κ3) is 4.44. The molecule has 0 saturated carbocycles. The summed E-state index contributed by atoms with van der Waals surface area (Å²) in [4.78, 5) is 37.7. The second kappa shape index (κ2) is 8.97. The molecule has 2 N–H and O–H groups in total. The molecule has 0 aliphatic rings. The van der Waals surface area contributed by atoms with Gasteiger partial charge in [-0.15, -0.1) is 0 Å². The summed E-state index contributed by atoms with van der Waals surface area (Å²) in [6.45, 7) is 3.78. The summed E-state index contributed by atoms with van der Waals surface area (Å²) in [5.74, 6) is -1.96. The highest BCUT2D eigenvalue weighted by atomic mass is 35.5. The Morgan fingerprint density at radius 2 is 1.70 bits per heavy atom. The van der Waals surface area contributed by atoms with Crippen molar-refractivity contribution in [3.8, 4) is 0 Å². The van der Waals surface area contributed by atoms with Gasteiger partial charge in [0.1, 0.15) is 5.56 Å². The molecule has 0 aliphatic heterocycles. The number of hydrogen-bond donors (Lipinski definition) is 2. The van der Waals surface area contributed by atoms with Gasteiger partial charge in [-0.2, -0.15) is 0 Å². The minimum absolute atomic E-state index is 0.118. The molecule has 1 heterocycles. The molecular formula is C23H21ClN2O4. The Morgan fingerprint density at radius 1 is 1.07 bits per heavy atom. The maximum Gasteiger partial charge on any atom is 0.330 e. The van der Waals surface area contributed by atoms with Crippen LogP contribution in [0.3, 0.4) is 0 Å². The fraction of sp³-hybridized carbons (Fsp3) is 0.174. The van der Waals surface area contributed by atoms with Crippen molar-refractivity contribution in [1.29, 1.82) is 0 Å². The molecule has 0 spiro atoms. The van der Waals surface area contributed by atoms with E-state index in [1.807, 2.05) is 12.1 Å². The van der Waals surface area contributed by atoms with Crippen LogP contribution in [0.2, 0.25) is 5.02 Å². The largest absolute Gasteiger partial charge is 0.479 e. The first-order valence-corrected chi connectivity index (χ1v) is 9.70. The summed E-state index contributed by atoms with van der Waals surface area (Å²) in [5.41, 5.74) is 1.97. The molecule has 2 aromatic carbocycles. The highest BCUT2D eigenvalue weighted by Gasteiger charge is 2.25. The summed E-state index contributed by atoms with van der Waals surface area (Å²) in [6, 6.07) is 15.7. The third-order valence-electron chi connectivity index (χ3n) is 5.00. The Hall–Kier alpha value is -3.38. The van der Waals surface area contributed by atoms with Crippen molar-refractivity contribution < 1.29 is 14.7 Å². The van der Waals surface area contributed by atoms with Crippen LogP contribution in [0.15, 0.2) is 65.5 Å². The van der Waals surface area contributed by atoms with Gasteiger partial charge in [-0.25, -0.2) is 4.79 Å². The van der Waals surface area contributed by atoms with Crippen molar-refractivity contribution in [3.05, 3.63) is 104 Å². The molecule has 0 unspecified atom stereocenters. The molecule has 0 bridgehead atoms. The van der Waals surface area contributed by atoms with Crippen molar-refractivity contribution in [2.75, 3.05) is 0 Å². The SMILES string of the molecule is Cc1cc(C(=O)N[C@H](C(=O)O)c2ccccc2)c(=O)n(Cc2ccccc2Cl)c1C. The zero-order valence-electron chi connectivity index (χ0n) is 16.6. The van der Waals surface area contributed by atoms with Gasteiger partial charge in [0.2, 0.25) is 0 Å². The van der Waals surface area contributed by atoms with Crippen LogP contribution >= 0.6 is 11.6 Å². The molecule has 0 aliphatic carbocycles. The number of carboxylic acid groups (broad SMARTS) is 1. The van der Waals surface area contributed by atoms with Crippen LogP contribution in [0.1, 0.15) is 38.8 Å². The number of nitrogens with zero attached hydrogens (tertiary/aromatic N) is 1. The Kier molecular flexibility index (Phi) is 6.37. The fourth-order valence-corrected chi connectivity index (χ4v) is 3.38. The number of amides is 1. The Labute approximate surface area is 178 Å². The minimum Gasteiger partial charge on any atom is -0.479 e. The van der Waals surface area contributed by atoms with E-state index in [9.17, 15) is 19.5 Å². The molecule has 1 atom stereocenters. The van der Waals surface area contributed by atoms with E-state index >= 15 is 0 Å². The summed E-state index contributed by atoms with van der Waals surface area (Å²) < 4.78 is 1.48. The van der Waals surface area contributed by atoms with Crippen LogP contribution in [0.5, 0.6) is 0 Å². The van der Waals surface area contributed by atoms with Gasteiger partial charge in [0.25, 0.3) is 11.5 Å². The summed E-state index contributed by atoms with van der Waals surface area (Å²) in [6.07, 6.45) is 0. The van der Waals surface area contributed by atoms with Crippen molar-refractivity contribution in [2.24, 2.45) is 0 Å².